The Morgan fingerprint density at radius 3 is 2.75 bits per heavy atom. The van der Waals surface area contributed by atoms with E-state index in [1.807, 2.05) is 24.8 Å². The van der Waals surface area contributed by atoms with Crippen molar-refractivity contribution in [2.75, 3.05) is 43.4 Å². The van der Waals surface area contributed by atoms with Crippen molar-refractivity contribution < 1.29 is 27.1 Å². The maximum absolute atomic E-state index is 16.9. The molecule has 3 fully saturated rings. The van der Waals surface area contributed by atoms with Gasteiger partial charge in [0.25, 0.3) is 0 Å². The molecule has 9 nitrogen and oxygen atoms in total. The molecule has 3 saturated heterocycles. The summed E-state index contributed by atoms with van der Waals surface area (Å²) in [5.74, 6) is -2.71. The van der Waals surface area contributed by atoms with Crippen LogP contribution >= 0.6 is 11.3 Å². The van der Waals surface area contributed by atoms with Crippen molar-refractivity contribution in [1.82, 2.24) is 19.8 Å². The van der Waals surface area contributed by atoms with Gasteiger partial charge in [0.15, 0.2) is 5.82 Å². The lowest BCUT2D eigenvalue weighted by atomic mass is 9.95. The summed E-state index contributed by atoms with van der Waals surface area (Å²) in [6, 6.07) is 4.59. The Labute approximate surface area is 278 Å². The summed E-state index contributed by atoms with van der Waals surface area (Å²) in [6.45, 7) is 9.07. The Morgan fingerprint density at radius 1 is 1.21 bits per heavy atom. The summed E-state index contributed by atoms with van der Waals surface area (Å²) < 4.78 is 68.7. The Balaban J connectivity index is 1.39. The molecule has 7 rings (SSSR count). The van der Waals surface area contributed by atoms with Gasteiger partial charge < -0.3 is 20.3 Å². The number of piperazine rings is 1. The highest BCUT2D eigenvalue weighted by Gasteiger charge is 2.49. The quantitative estimate of drug-likeness (QED) is 0.197. The summed E-state index contributed by atoms with van der Waals surface area (Å²) in [4.78, 5) is 27.3. The normalized spacial score (nSPS) is 24.3. The number of alkyl halides is 1. The molecule has 0 radical (unpaired) electrons. The number of nitriles is 1. The lowest BCUT2D eigenvalue weighted by Crippen LogP contribution is -2.58. The lowest BCUT2D eigenvalue weighted by molar-refractivity contribution is -0.128. The standard InChI is InChI=1S/C34H33F4N7O2S/c1-4-25(46)44-13-18(3)45(14-17(44)2)32-21-10-24(37)27(20-6-7-23(36)30-26(20)22(12-39)31(40)48-30)28(38)29(21)41-33(42-32)47-16-34-8-5-9-43(34)15-19(35)11-34/h4,6-7,10,17-19H,1,5,8-9,11,13-16,40H2,2-3H3. The van der Waals surface area contributed by atoms with E-state index in [-0.39, 0.29) is 80.1 Å². The molecular weight excluding hydrogens is 646 g/mol. The van der Waals surface area contributed by atoms with Crippen LogP contribution in [0.4, 0.5) is 28.4 Å². The van der Waals surface area contributed by atoms with Crippen molar-refractivity contribution in [2.45, 2.75) is 56.9 Å². The minimum Gasteiger partial charge on any atom is -0.461 e. The van der Waals surface area contributed by atoms with Crippen LogP contribution in [0.2, 0.25) is 0 Å². The van der Waals surface area contributed by atoms with Crippen molar-refractivity contribution in [2.24, 2.45) is 0 Å². The molecule has 250 valence electrons. The van der Waals surface area contributed by atoms with E-state index in [4.69, 9.17) is 10.5 Å². The van der Waals surface area contributed by atoms with Crippen LogP contribution in [0.3, 0.4) is 0 Å². The number of aromatic nitrogens is 2. The van der Waals surface area contributed by atoms with E-state index in [1.165, 1.54) is 12.1 Å². The van der Waals surface area contributed by atoms with E-state index < -0.39 is 34.7 Å². The van der Waals surface area contributed by atoms with Gasteiger partial charge in [-0.15, -0.1) is 11.3 Å². The third-order valence-corrected chi connectivity index (χ3v) is 11.0. The van der Waals surface area contributed by atoms with Crippen LogP contribution in [0, 0.1) is 28.8 Å². The topological polar surface area (TPSA) is 112 Å². The number of anilines is 2. The van der Waals surface area contributed by atoms with Crippen LogP contribution in [0.1, 0.15) is 38.7 Å². The summed E-state index contributed by atoms with van der Waals surface area (Å²) in [5.41, 5.74) is 4.60. The number of carbonyl (C=O) groups excluding carboxylic acids is 1. The van der Waals surface area contributed by atoms with Gasteiger partial charge in [0.2, 0.25) is 5.91 Å². The minimum absolute atomic E-state index is 0.00528. The first kappa shape index (κ1) is 32.1. The highest BCUT2D eigenvalue weighted by molar-refractivity contribution is 7.23. The van der Waals surface area contributed by atoms with Gasteiger partial charge in [-0.25, -0.2) is 17.6 Å². The molecule has 0 saturated carbocycles. The molecule has 2 aromatic carbocycles. The van der Waals surface area contributed by atoms with Crippen molar-refractivity contribution in [1.29, 1.82) is 5.26 Å². The van der Waals surface area contributed by atoms with Crippen molar-refractivity contribution in [3.63, 3.8) is 0 Å². The van der Waals surface area contributed by atoms with E-state index >= 15 is 8.78 Å². The molecular formula is C34H33F4N7O2S. The van der Waals surface area contributed by atoms with Gasteiger partial charge in [0, 0.05) is 48.9 Å². The Morgan fingerprint density at radius 2 is 2.00 bits per heavy atom. The fraction of sp³-hybridized carbons (Fsp3) is 0.412. The molecule has 4 atom stereocenters. The number of benzene rings is 2. The number of hydrogen-bond donors (Lipinski definition) is 1. The Hall–Kier alpha value is -4.48. The Kier molecular flexibility index (Phi) is 7.95. The molecule has 3 aliphatic heterocycles. The SMILES string of the molecule is C=CC(=O)N1CC(C)N(c2nc(OCC34CCCN3CC(F)C4)nc3c(F)c(-c4ccc(F)c5sc(N)c(C#N)c45)c(F)cc23)CC1C. The molecule has 2 N–H and O–H groups in total. The number of nitrogens with two attached hydrogens (primary N) is 1. The van der Waals surface area contributed by atoms with E-state index in [1.54, 1.807) is 4.90 Å². The van der Waals surface area contributed by atoms with Crippen LogP contribution in [-0.4, -0.2) is 82.3 Å². The number of hydrogen-bond acceptors (Lipinski definition) is 9. The predicted octanol–water partition coefficient (Wildman–Crippen LogP) is 5.95. The molecule has 48 heavy (non-hydrogen) atoms. The number of nitrogen functional groups attached to an aromatic ring is 1. The number of ether oxygens (including phenoxy) is 1. The first-order valence-corrected chi connectivity index (χ1v) is 16.6. The molecule has 3 aliphatic rings. The number of halogens is 4. The first-order chi connectivity index (χ1) is 23.0. The molecule has 0 bridgehead atoms. The number of amides is 1. The van der Waals surface area contributed by atoms with Crippen LogP contribution in [-0.2, 0) is 4.79 Å². The van der Waals surface area contributed by atoms with Gasteiger partial charge >= 0.3 is 6.01 Å². The second-order valence-corrected chi connectivity index (χ2v) is 14.0. The highest BCUT2D eigenvalue weighted by Crippen LogP contribution is 2.45. The second-order valence-electron chi connectivity index (χ2n) is 12.9. The van der Waals surface area contributed by atoms with E-state index in [0.29, 0.717) is 19.5 Å². The van der Waals surface area contributed by atoms with E-state index in [0.717, 1.165) is 42.9 Å². The largest absolute Gasteiger partial charge is 0.461 e. The zero-order valence-electron chi connectivity index (χ0n) is 26.4. The monoisotopic (exact) mass is 679 g/mol. The van der Waals surface area contributed by atoms with Crippen molar-refractivity contribution in [3.8, 4) is 23.2 Å². The Bertz CT molecular complexity index is 2030. The summed E-state index contributed by atoms with van der Waals surface area (Å²) in [7, 11) is 0. The third-order valence-electron chi connectivity index (χ3n) is 9.99. The van der Waals surface area contributed by atoms with Gasteiger partial charge in [-0.3, -0.25) is 9.69 Å². The van der Waals surface area contributed by atoms with Crippen molar-refractivity contribution in [3.05, 3.63) is 53.9 Å². The minimum atomic E-state index is -1.05. The second kappa shape index (κ2) is 11.9. The molecule has 4 unspecified atom stereocenters. The highest BCUT2D eigenvalue weighted by atomic mass is 32.1. The zero-order valence-corrected chi connectivity index (χ0v) is 27.2. The molecule has 0 aliphatic carbocycles. The van der Waals surface area contributed by atoms with Crippen molar-refractivity contribution >= 4 is 49.1 Å². The summed E-state index contributed by atoms with van der Waals surface area (Å²) >= 11 is 0.826. The van der Waals surface area contributed by atoms with E-state index in [2.05, 4.69) is 21.4 Å². The van der Waals surface area contributed by atoms with Gasteiger partial charge in [0.1, 0.15) is 46.8 Å². The maximum atomic E-state index is 16.9. The summed E-state index contributed by atoms with van der Waals surface area (Å²) in [6.07, 6.45) is 2.19. The lowest BCUT2D eigenvalue weighted by Gasteiger charge is -2.44. The van der Waals surface area contributed by atoms with Gasteiger partial charge in [-0.1, -0.05) is 12.6 Å². The van der Waals surface area contributed by atoms with Crippen LogP contribution in [0.5, 0.6) is 6.01 Å². The first-order valence-electron chi connectivity index (χ1n) is 15.8. The van der Waals surface area contributed by atoms with Crippen LogP contribution < -0.4 is 15.4 Å². The third kappa shape index (κ3) is 5.02. The van der Waals surface area contributed by atoms with Gasteiger partial charge in [-0.2, -0.15) is 15.2 Å². The number of nitrogens with zero attached hydrogens (tertiary/aromatic N) is 6. The predicted molar refractivity (Wildman–Crippen MR) is 176 cm³/mol. The average Bonchev–Trinajstić information content (AvgIpc) is 3.70. The molecule has 14 heteroatoms. The molecule has 2 aromatic heterocycles. The summed E-state index contributed by atoms with van der Waals surface area (Å²) in [5, 5.41) is 9.91. The maximum Gasteiger partial charge on any atom is 0.319 e. The molecule has 5 heterocycles. The molecule has 4 aromatic rings. The molecule has 1 amide bonds. The molecule has 0 spiro atoms. The number of carbonyl (C=O) groups is 1. The zero-order chi connectivity index (χ0) is 34.1. The number of thiophene rings is 1. The van der Waals surface area contributed by atoms with E-state index in [9.17, 15) is 18.8 Å². The number of rotatable bonds is 6. The van der Waals surface area contributed by atoms with Crippen LogP contribution in [0.15, 0.2) is 30.9 Å². The fourth-order valence-electron chi connectivity index (χ4n) is 7.69. The van der Waals surface area contributed by atoms with Gasteiger partial charge in [0.05, 0.1) is 21.4 Å². The number of fused-ring (bicyclic) bond motifs is 3. The smallest absolute Gasteiger partial charge is 0.319 e. The fourth-order valence-corrected chi connectivity index (χ4v) is 8.64. The van der Waals surface area contributed by atoms with Crippen LogP contribution in [0.25, 0.3) is 32.1 Å². The average molecular weight is 680 g/mol. The van der Waals surface area contributed by atoms with Gasteiger partial charge in [-0.05, 0) is 57.0 Å².